The smallest absolute Gasteiger partial charge is 0.263 e. The summed E-state index contributed by atoms with van der Waals surface area (Å²) in [6, 6.07) is 5.68. The molecule has 0 atom stereocenters. The van der Waals surface area contributed by atoms with Gasteiger partial charge in [0.1, 0.15) is 4.88 Å². The molecule has 2 aromatic rings. The molecular weight excluding hydrogens is 286 g/mol. The second kappa shape index (κ2) is 6.13. The van der Waals surface area contributed by atoms with Crippen molar-refractivity contribution in [3.05, 3.63) is 40.8 Å². The fourth-order valence-corrected chi connectivity index (χ4v) is 2.68. The molecule has 2 aromatic heterocycles. The van der Waals surface area contributed by atoms with Crippen LogP contribution in [0.2, 0.25) is 0 Å². The largest absolute Gasteiger partial charge is 0.350 e. The Labute approximate surface area is 128 Å². The fraction of sp³-hybridized carbons (Fsp3) is 0.333. The summed E-state index contributed by atoms with van der Waals surface area (Å²) in [6.07, 6.45) is 3.76. The minimum absolute atomic E-state index is 0.0286. The van der Waals surface area contributed by atoms with E-state index in [0.717, 1.165) is 5.69 Å². The highest BCUT2D eigenvalue weighted by Crippen LogP contribution is 2.21. The number of rotatable bonds is 4. The van der Waals surface area contributed by atoms with E-state index in [4.69, 9.17) is 0 Å². The molecule has 2 rings (SSSR count). The molecule has 6 heteroatoms. The molecular formula is C15H19N3O2S. The molecule has 0 aliphatic heterocycles. The van der Waals surface area contributed by atoms with Crippen LogP contribution in [0.4, 0.5) is 0 Å². The van der Waals surface area contributed by atoms with Crippen LogP contribution in [-0.4, -0.2) is 28.5 Å². The number of carbonyl (C=O) groups is 2. The lowest BCUT2D eigenvalue weighted by molar-refractivity contribution is -0.121. The topological polar surface area (TPSA) is 63.1 Å². The van der Waals surface area contributed by atoms with Crippen LogP contribution in [0.1, 0.15) is 30.4 Å². The first kappa shape index (κ1) is 15.3. The Morgan fingerprint density at radius 3 is 2.52 bits per heavy atom. The highest BCUT2D eigenvalue weighted by Gasteiger charge is 2.17. The maximum atomic E-state index is 12.2. The normalized spacial score (nSPS) is 11.2. The SMILES string of the molecule is CC(C)(C)NC(=O)CNC(=O)c1sccc1-n1cccc1. The summed E-state index contributed by atoms with van der Waals surface area (Å²) in [5.41, 5.74) is 0.514. The van der Waals surface area contributed by atoms with Crippen LogP contribution in [0.5, 0.6) is 0 Å². The Kier molecular flexibility index (Phi) is 4.47. The van der Waals surface area contributed by atoms with E-state index >= 15 is 0 Å². The summed E-state index contributed by atoms with van der Waals surface area (Å²) in [5.74, 6) is -0.437. The lowest BCUT2D eigenvalue weighted by atomic mass is 10.1. The number of thiophene rings is 1. The van der Waals surface area contributed by atoms with E-state index in [9.17, 15) is 9.59 Å². The Morgan fingerprint density at radius 1 is 1.24 bits per heavy atom. The minimum atomic E-state index is -0.305. The van der Waals surface area contributed by atoms with Gasteiger partial charge in [-0.25, -0.2) is 0 Å². The third-order valence-corrected chi connectivity index (χ3v) is 3.56. The molecule has 21 heavy (non-hydrogen) atoms. The van der Waals surface area contributed by atoms with Crippen LogP contribution in [0, 0.1) is 0 Å². The van der Waals surface area contributed by atoms with Gasteiger partial charge in [-0.3, -0.25) is 9.59 Å². The standard InChI is InChI=1S/C15H19N3O2S/c1-15(2,3)17-12(19)10-16-14(20)13-11(6-9-21-13)18-7-4-5-8-18/h4-9H,10H2,1-3H3,(H,16,20)(H,17,19). The van der Waals surface area contributed by atoms with Gasteiger partial charge in [-0.15, -0.1) is 11.3 Å². The molecule has 0 saturated heterocycles. The lowest BCUT2D eigenvalue weighted by Gasteiger charge is -2.20. The van der Waals surface area contributed by atoms with E-state index in [1.165, 1.54) is 11.3 Å². The summed E-state index contributed by atoms with van der Waals surface area (Å²) in [6.45, 7) is 5.67. The van der Waals surface area contributed by atoms with Crippen molar-refractivity contribution >= 4 is 23.2 Å². The van der Waals surface area contributed by atoms with E-state index in [0.29, 0.717) is 4.88 Å². The number of carbonyl (C=O) groups excluding carboxylic acids is 2. The molecule has 0 saturated carbocycles. The molecule has 0 bridgehead atoms. The second-order valence-corrected chi connectivity index (χ2v) is 6.62. The predicted molar refractivity (Wildman–Crippen MR) is 83.9 cm³/mol. The number of hydrogen-bond acceptors (Lipinski definition) is 3. The van der Waals surface area contributed by atoms with Crippen molar-refractivity contribution < 1.29 is 9.59 Å². The fourth-order valence-electron chi connectivity index (χ4n) is 1.87. The maximum Gasteiger partial charge on any atom is 0.263 e. The molecule has 2 amide bonds. The van der Waals surface area contributed by atoms with Crippen molar-refractivity contribution in [2.45, 2.75) is 26.3 Å². The third-order valence-electron chi connectivity index (χ3n) is 2.66. The molecule has 0 aliphatic rings. The van der Waals surface area contributed by atoms with Crippen LogP contribution >= 0.6 is 11.3 Å². The van der Waals surface area contributed by atoms with Crippen molar-refractivity contribution in [1.82, 2.24) is 15.2 Å². The number of nitrogens with zero attached hydrogens (tertiary/aromatic N) is 1. The molecule has 0 fully saturated rings. The van der Waals surface area contributed by atoms with Gasteiger partial charge in [-0.2, -0.15) is 0 Å². The Balaban J connectivity index is 1.99. The molecule has 0 spiro atoms. The molecule has 0 aromatic carbocycles. The van der Waals surface area contributed by atoms with Gasteiger partial charge in [0.15, 0.2) is 0 Å². The lowest BCUT2D eigenvalue weighted by Crippen LogP contribution is -2.45. The van der Waals surface area contributed by atoms with Gasteiger partial charge in [0.25, 0.3) is 5.91 Å². The van der Waals surface area contributed by atoms with Gasteiger partial charge in [0, 0.05) is 17.9 Å². The van der Waals surface area contributed by atoms with Crippen LogP contribution in [0.25, 0.3) is 5.69 Å². The summed E-state index contributed by atoms with van der Waals surface area (Å²) in [5, 5.41) is 7.32. The summed E-state index contributed by atoms with van der Waals surface area (Å²) >= 11 is 1.36. The van der Waals surface area contributed by atoms with Crippen molar-refractivity contribution in [3.63, 3.8) is 0 Å². The van der Waals surface area contributed by atoms with Gasteiger partial charge in [0.2, 0.25) is 5.91 Å². The van der Waals surface area contributed by atoms with Crippen LogP contribution in [0.15, 0.2) is 36.0 Å². The molecule has 0 aliphatic carbocycles. The number of amides is 2. The quantitative estimate of drug-likeness (QED) is 0.909. The minimum Gasteiger partial charge on any atom is -0.350 e. The van der Waals surface area contributed by atoms with Crippen molar-refractivity contribution in [2.75, 3.05) is 6.54 Å². The number of nitrogens with one attached hydrogen (secondary N) is 2. The van der Waals surface area contributed by atoms with Crippen LogP contribution < -0.4 is 10.6 Å². The van der Waals surface area contributed by atoms with Gasteiger partial charge in [-0.05, 0) is 44.4 Å². The highest BCUT2D eigenvalue weighted by atomic mass is 32.1. The Hall–Kier alpha value is -2.08. The predicted octanol–water partition coefficient (Wildman–Crippen LogP) is 2.18. The zero-order chi connectivity index (χ0) is 15.5. The first-order valence-electron chi connectivity index (χ1n) is 6.67. The van der Waals surface area contributed by atoms with Crippen molar-refractivity contribution in [3.8, 4) is 5.69 Å². The zero-order valence-corrected chi connectivity index (χ0v) is 13.2. The summed E-state index contributed by atoms with van der Waals surface area (Å²) in [4.78, 5) is 24.5. The van der Waals surface area contributed by atoms with Crippen LogP contribution in [0.3, 0.4) is 0 Å². The van der Waals surface area contributed by atoms with E-state index < -0.39 is 0 Å². The second-order valence-electron chi connectivity index (χ2n) is 5.71. The van der Waals surface area contributed by atoms with Crippen molar-refractivity contribution in [2.24, 2.45) is 0 Å². The number of hydrogen-bond donors (Lipinski definition) is 2. The van der Waals surface area contributed by atoms with Gasteiger partial charge in [0.05, 0.1) is 12.2 Å². The van der Waals surface area contributed by atoms with Gasteiger partial charge >= 0.3 is 0 Å². The molecule has 5 nitrogen and oxygen atoms in total. The molecule has 0 unspecified atom stereocenters. The molecule has 2 N–H and O–H groups in total. The monoisotopic (exact) mass is 305 g/mol. The Morgan fingerprint density at radius 2 is 1.90 bits per heavy atom. The average Bonchev–Trinajstić information content (AvgIpc) is 3.03. The van der Waals surface area contributed by atoms with E-state index in [1.807, 2.05) is 61.3 Å². The maximum absolute atomic E-state index is 12.2. The Bertz CT molecular complexity index is 624. The highest BCUT2D eigenvalue weighted by molar-refractivity contribution is 7.12. The average molecular weight is 305 g/mol. The third kappa shape index (κ3) is 4.19. The van der Waals surface area contributed by atoms with Gasteiger partial charge < -0.3 is 15.2 Å². The van der Waals surface area contributed by atoms with Crippen LogP contribution in [-0.2, 0) is 4.79 Å². The van der Waals surface area contributed by atoms with Gasteiger partial charge in [-0.1, -0.05) is 0 Å². The zero-order valence-electron chi connectivity index (χ0n) is 12.3. The first-order valence-corrected chi connectivity index (χ1v) is 7.55. The summed E-state index contributed by atoms with van der Waals surface area (Å²) in [7, 11) is 0. The summed E-state index contributed by atoms with van der Waals surface area (Å²) < 4.78 is 1.88. The van der Waals surface area contributed by atoms with E-state index in [1.54, 1.807) is 0 Å². The molecule has 112 valence electrons. The molecule has 2 heterocycles. The van der Waals surface area contributed by atoms with E-state index in [2.05, 4.69) is 10.6 Å². The first-order chi connectivity index (χ1) is 9.87. The van der Waals surface area contributed by atoms with E-state index in [-0.39, 0.29) is 23.9 Å². The molecule has 0 radical (unpaired) electrons. The number of aromatic nitrogens is 1. The van der Waals surface area contributed by atoms with Crippen molar-refractivity contribution in [1.29, 1.82) is 0 Å².